The number of benzene rings is 1. The third-order valence-electron chi connectivity index (χ3n) is 3.42. The number of hydrogen-bond donors (Lipinski definition) is 1. The number of rotatable bonds is 4. The monoisotopic (exact) mass is 247 g/mol. The molecule has 2 rings (SSSR count). The lowest BCUT2D eigenvalue weighted by Gasteiger charge is -2.22. The lowest BCUT2D eigenvalue weighted by molar-refractivity contribution is 0.0891. The number of ether oxygens (including phenoxy) is 1. The molecule has 1 aliphatic rings. The number of ketones is 1. The van der Waals surface area contributed by atoms with E-state index in [0.29, 0.717) is 5.56 Å². The number of carbonyl (C=O) groups is 1. The summed E-state index contributed by atoms with van der Waals surface area (Å²) in [6.45, 7) is 3.94. The zero-order valence-corrected chi connectivity index (χ0v) is 11.1. The van der Waals surface area contributed by atoms with E-state index in [4.69, 9.17) is 10.5 Å². The van der Waals surface area contributed by atoms with E-state index in [1.807, 2.05) is 32.0 Å². The second-order valence-corrected chi connectivity index (χ2v) is 5.39. The van der Waals surface area contributed by atoms with E-state index in [-0.39, 0.29) is 11.9 Å². The van der Waals surface area contributed by atoms with Gasteiger partial charge in [-0.1, -0.05) is 25.0 Å². The predicted molar refractivity (Wildman–Crippen MR) is 71.9 cm³/mol. The van der Waals surface area contributed by atoms with Gasteiger partial charge in [0.25, 0.3) is 0 Å². The molecule has 0 bridgehead atoms. The molecule has 3 nitrogen and oxygen atoms in total. The molecule has 0 spiro atoms. The molecule has 0 heterocycles. The fourth-order valence-electron chi connectivity index (χ4n) is 2.50. The summed E-state index contributed by atoms with van der Waals surface area (Å²) in [6, 6.07) is 7.34. The average molecular weight is 247 g/mol. The summed E-state index contributed by atoms with van der Waals surface area (Å²) in [7, 11) is 0. The van der Waals surface area contributed by atoms with Gasteiger partial charge in [-0.2, -0.15) is 0 Å². The van der Waals surface area contributed by atoms with Crippen LogP contribution < -0.4 is 10.5 Å². The van der Waals surface area contributed by atoms with Crippen LogP contribution >= 0.6 is 0 Å². The molecule has 0 radical (unpaired) electrons. The molecule has 0 saturated heterocycles. The Bertz CT molecular complexity index is 434. The molecule has 18 heavy (non-hydrogen) atoms. The van der Waals surface area contributed by atoms with Crippen molar-refractivity contribution in [3.8, 4) is 5.75 Å². The molecule has 0 atom stereocenters. The first-order chi connectivity index (χ1) is 8.51. The highest BCUT2D eigenvalue weighted by Crippen LogP contribution is 2.31. The molecule has 1 aromatic carbocycles. The minimum atomic E-state index is -0.656. The van der Waals surface area contributed by atoms with Crippen LogP contribution in [0.3, 0.4) is 0 Å². The van der Waals surface area contributed by atoms with Crippen LogP contribution in [0.4, 0.5) is 0 Å². The van der Waals surface area contributed by atoms with Crippen molar-refractivity contribution in [2.75, 3.05) is 0 Å². The fourth-order valence-corrected chi connectivity index (χ4v) is 2.50. The van der Waals surface area contributed by atoms with Crippen LogP contribution in [0.2, 0.25) is 0 Å². The maximum absolute atomic E-state index is 12.4. The lowest BCUT2D eigenvalue weighted by Crippen LogP contribution is -2.45. The zero-order valence-electron chi connectivity index (χ0n) is 11.1. The first-order valence-corrected chi connectivity index (χ1v) is 6.62. The van der Waals surface area contributed by atoms with Crippen molar-refractivity contribution < 1.29 is 9.53 Å². The highest BCUT2D eigenvalue weighted by Gasteiger charge is 2.37. The molecule has 0 aliphatic heterocycles. The van der Waals surface area contributed by atoms with Gasteiger partial charge in [0.2, 0.25) is 0 Å². The van der Waals surface area contributed by atoms with Gasteiger partial charge < -0.3 is 10.5 Å². The van der Waals surface area contributed by atoms with E-state index < -0.39 is 5.54 Å². The first kappa shape index (κ1) is 13.1. The van der Waals surface area contributed by atoms with Gasteiger partial charge in [0.15, 0.2) is 5.78 Å². The van der Waals surface area contributed by atoms with E-state index in [1.54, 1.807) is 6.07 Å². The van der Waals surface area contributed by atoms with Gasteiger partial charge in [-0.25, -0.2) is 0 Å². The molecule has 1 aromatic rings. The zero-order chi connectivity index (χ0) is 13.2. The lowest BCUT2D eigenvalue weighted by atomic mass is 9.89. The molecule has 1 saturated carbocycles. The van der Waals surface area contributed by atoms with Crippen molar-refractivity contribution in [2.45, 2.75) is 51.2 Å². The van der Waals surface area contributed by atoms with Crippen molar-refractivity contribution in [2.24, 2.45) is 5.73 Å². The van der Waals surface area contributed by atoms with E-state index in [1.165, 1.54) is 0 Å². The van der Waals surface area contributed by atoms with E-state index >= 15 is 0 Å². The van der Waals surface area contributed by atoms with Gasteiger partial charge >= 0.3 is 0 Å². The number of hydrogen-bond acceptors (Lipinski definition) is 3. The molecule has 0 unspecified atom stereocenters. The molecule has 0 aromatic heterocycles. The molecule has 3 heteroatoms. The van der Waals surface area contributed by atoms with Crippen molar-refractivity contribution in [3.05, 3.63) is 29.8 Å². The Labute approximate surface area is 108 Å². The molecule has 0 amide bonds. The van der Waals surface area contributed by atoms with Gasteiger partial charge in [-0.15, -0.1) is 0 Å². The van der Waals surface area contributed by atoms with Crippen LogP contribution in [-0.4, -0.2) is 17.4 Å². The van der Waals surface area contributed by atoms with Crippen molar-refractivity contribution in [1.29, 1.82) is 0 Å². The minimum absolute atomic E-state index is 0.0502. The van der Waals surface area contributed by atoms with Crippen molar-refractivity contribution in [1.82, 2.24) is 0 Å². The summed E-state index contributed by atoms with van der Waals surface area (Å²) in [4.78, 5) is 12.4. The Kier molecular flexibility index (Phi) is 3.71. The Hall–Kier alpha value is -1.35. The number of carbonyl (C=O) groups excluding carboxylic acids is 1. The van der Waals surface area contributed by atoms with Crippen LogP contribution in [0.5, 0.6) is 5.75 Å². The van der Waals surface area contributed by atoms with Gasteiger partial charge in [0, 0.05) is 5.56 Å². The van der Waals surface area contributed by atoms with Crippen molar-refractivity contribution in [3.63, 3.8) is 0 Å². The Morgan fingerprint density at radius 3 is 2.61 bits per heavy atom. The van der Waals surface area contributed by atoms with Gasteiger partial charge in [-0.05, 0) is 38.8 Å². The molecule has 2 N–H and O–H groups in total. The molecule has 1 aliphatic carbocycles. The minimum Gasteiger partial charge on any atom is -0.491 e. The van der Waals surface area contributed by atoms with Crippen molar-refractivity contribution >= 4 is 5.78 Å². The SMILES string of the molecule is CC(C)Oc1cccc(C(=O)C2(N)CCCC2)c1. The molecule has 1 fully saturated rings. The van der Waals surface area contributed by atoms with E-state index in [9.17, 15) is 4.79 Å². The quantitative estimate of drug-likeness (QED) is 0.832. The highest BCUT2D eigenvalue weighted by molar-refractivity contribution is 6.03. The maximum atomic E-state index is 12.4. The van der Waals surface area contributed by atoms with Crippen LogP contribution in [0.1, 0.15) is 49.9 Å². The topological polar surface area (TPSA) is 52.3 Å². The normalized spacial score (nSPS) is 18.0. The second-order valence-electron chi connectivity index (χ2n) is 5.39. The van der Waals surface area contributed by atoms with E-state index in [0.717, 1.165) is 31.4 Å². The molecule has 98 valence electrons. The van der Waals surface area contributed by atoms with Gasteiger partial charge in [0.05, 0.1) is 11.6 Å². The average Bonchev–Trinajstić information content (AvgIpc) is 2.76. The Morgan fingerprint density at radius 1 is 1.33 bits per heavy atom. The van der Waals surface area contributed by atoms with E-state index in [2.05, 4.69) is 0 Å². The standard InChI is InChI=1S/C15H21NO2/c1-11(2)18-13-7-5-6-12(10-13)14(17)15(16)8-3-4-9-15/h5-7,10-11H,3-4,8-9,16H2,1-2H3. The molecular formula is C15H21NO2. The smallest absolute Gasteiger partial charge is 0.182 e. The molecular weight excluding hydrogens is 226 g/mol. The number of Topliss-reactive ketones (excluding diaryl/α,β-unsaturated/α-hetero) is 1. The first-order valence-electron chi connectivity index (χ1n) is 6.62. The van der Waals surface area contributed by atoms with Crippen LogP contribution in [-0.2, 0) is 0 Å². The van der Waals surface area contributed by atoms with Gasteiger partial charge in [-0.3, -0.25) is 4.79 Å². The summed E-state index contributed by atoms with van der Waals surface area (Å²) in [5.74, 6) is 0.784. The highest BCUT2D eigenvalue weighted by atomic mass is 16.5. The largest absolute Gasteiger partial charge is 0.491 e. The predicted octanol–water partition coefficient (Wildman–Crippen LogP) is 2.93. The fraction of sp³-hybridized carbons (Fsp3) is 0.533. The van der Waals surface area contributed by atoms with Crippen LogP contribution in [0.25, 0.3) is 0 Å². The third kappa shape index (κ3) is 2.72. The summed E-state index contributed by atoms with van der Waals surface area (Å²) in [5.41, 5.74) is 6.20. The Balaban J connectivity index is 2.20. The third-order valence-corrected chi connectivity index (χ3v) is 3.42. The summed E-state index contributed by atoms with van der Waals surface area (Å²) in [5, 5.41) is 0. The van der Waals surface area contributed by atoms with Crippen LogP contribution in [0.15, 0.2) is 24.3 Å². The summed E-state index contributed by atoms with van der Waals surface area (Å²) < 4.78 is 5.61. The number of nitrogens with two attached hydrogens (primary N) is 1. The Morgan fingerprint density at radius 2 is 2.00 bits per heavy atom. The second kappa shape index (κ2) is 5.11. The summed E-state index contributed by atoms with van der Waals surface area (Å²) >= 11 is 0. The summed E-state index contributed by atoms with van der Waals surface area (Å²) in [6.07, 6.45) is 3.78. The van der Waals surface area contributed by atoms with Gasteiger partial charge in [0.1, 0.15) is 5.75 Å². The maximum Gasteiger partial charge on any atom is 0.182 e. The van der Waals surface area contributed by atoms with Crippen LogP contribution in [0, 0.1) is 0 Å².